The lowest BCUT2D eigenvalue weighted by Gasteiger charge is -2.06. The van der Waals surface area contributed by atoms with Crippen molar-refractivity contribution in [1.29, 1.82) is 5.26 Å². The highest BCUT2D eigenvalue weighted by Gasteiger charge is 2.14. The molecule has 1 heterocycles. The SMILES string of the molecule is CCCCn1c(C)nc(-c2ccc(F)c(C#N)c2)c1N. The number of nitrogen functional groups attached to an aromatic ring is 1. The van der Waals surface area contributed by atoms with Crippen LogP contribution < -0.4 is 5.73 Å². The predicted octanol–water partition coefficient (Wildman–Crippen LogP) is 3.25. The average Bonchev–Trinajstić information content (AvgIpc) is 2.72. The third-order valence-corrected chi connectivity index (χ3v) is 3.29. The average molecular weight is 272 g/mol. The minimum atomic E-state index is -0.531. The lowest BCUT2D eigenvalue weighted by atomic mass is 10.1. The lowest BCUT2D eigenvalue weighted by molar-refractivity contribution is 0.622. The highest BCUT2D eigenvalue weighted by atomic mass is 19.1. The molecule has 0 radical (unpaired) electrons. The molecule has 0 aliphatic carbocycles. The van der Waals surface area contributed by atoms with Crippen molar-refractivity contribution >= 4 is 5.82 Å². The summed E-state index contributed by atoms with van der Waals surface area (Å²) in [5.74, 6) is 0.859. The van der Waals surface area contributed by atoms with E-state index >= 15 is 0 Å². The molecule has 4 nitrogen and oxygen atoms in total. The van der Waals surface area contributed by atoms with E-state index in [9.17, 15) is 4.39 Å². The fourth-order valence-corrected chi connectivity index (χ4v) is 2.15. The van der Waals surface area contributed by atoms with Gasteiger partial charge in [-0.2, -0.15) is 5.26 Å². The van der Waals surface area contributed by atoms with Crippen molar-refractivity contribution < 1.29 is 4.39 Å². The second-order valence-electron chi connectivity index (χ2n) is 4.70. The van der Waals surface area contributed by atoms with Crippen molar-refractivity contribution in [2.45, 2.75) is 33.2 Å². The molecule has 0 aliphatic rings. The van der Waals surface area contributed by atoms with Crippen molar-refractivity contribution in [2.24, 2.45) is 0 Å². The topological polar surface area (TPSA) is 67.6 Å². The Hall–Kier alpha value is -2.35. The number of nitrogens with two attached hydrogens (primary N) is 1. The summed E-state index contributed by atoms with van der Waals surface area (Å²) in [5.41, 5.74) is 7.40. The normalized spacial score (nSPS) is 10.5. The number of imidazole rings is 1. The maximum atomic E-state index is 13.4. The van der Waals surface area contributed by atoms with Gasteiger partial charge in [0.1, 0.15) is 29.2 Å². The standard InChI is InChI=1S/C15H17FN4/c1-3-4-7-20-10(2)19-14(15(20)18)11-5-6-13(16)12(8-11)9-17/h5-6,8H,3-4,7,18H2,1-2H3. The smallest absolute Gasteiger partial charge is 0.140 e. The summed E-state index contributed by atoms with van der Waals surface area (Å²) in [5, 5.41) is 8.89. The van der Waals surface area contributed by atoms with Gasteiger partial charge in [0.2, 0.25) is 0 Å². The van der Waals surface area contributed by atoms with Crippen molar-refractivity contribution in [2.75, 3.05) is 5.73 Å². The van der Waals surface area contributed by atoms with E-state index in [2.05, 4.69) is 11.9 Å². The van der Waals surface area contributed by atoms with Crippen LogP contribution in [0.25, 0.3) is 11.3 Å². The second kappa shape index (κ2) is 5.74. The van der Waals surface area contributed by atoms with E-state index in [1.165, 1.54) is 12.1 Å². The first kappa shape index (κ1) is 14.1. The molecule has 0 bridgehead atoms. The molecule has 2 aromatic rings. The summed E-state index contributed by atoms with van der Waals surface area (Å²) in [6, 6.07) is 6.18. The number of aromatic nitrogens is 2. The van der Waals surface area contributed by atoms with Crippen LogP contribution in [0.2, 0.25) is 0 Å². The van der Waals surface area contributed by atoms with Gasteiger partial charge in [-0.25, -0.2) is 9.37 Å². The Morgan fingerprint density at radius 1 is 1.45 bits per heavy atom. The van der Waals surface area contributed by atoms with Crippen LogP contribution in [0.5, 0.6) is 0 Å². The van der Waals surface area contributed by atoms with E-state index in [4.69, 9.17) is 11.0 Å². The molecule has 0 saturated heterocycles. The van der Waals surface area contributed by atoms with Gasteiger partial charge in [0.25, 0.3) is 0 Å². The minimum Gasteiger partial charge on any atom is -0.383 e. The van der Waals surface area contributed by atoms with Gasteiger partial charge in [-0.15, -0.1) is 0 Å². The van der Waals surface area contributed by atoms with E-state index in [0.717, 1.165) is 25.2 Å². The molecule has 5 heteroatoms. The zero-order valence-electron chi connectivity index (χ0n) is 11.7. The number of hydrogen-bond donors (Lipinski definition) is 1. The minimum absolute atomic E-state index is 0.00246. The Morgan fingerprint density at radius 3 is 2.85 bits per heavy atom. The first-order valence-corrected chi connectivity index (χ1v) is 6.61. The molecular formula is C15H17FN4. The summed E-state index contributed by atoms with van der Waals surface area (Å²) in [7, 11) is 0. The fourth-order valence-electron chi connectivity index (χ4n) is 2.15. The molecule has 0 amide bonds. The van der Waals surface area contributed by atoms with Crippen molar-refractivity contribution in [3.05, 3.63) is 35.4 Å². The molecule has 0 spiro atoms. The maximum Gasteiger partial charge on any atom is 0.140 e. The molecular weight excluding hydrogens is 255 g/mol. The molecule has 1 aromatic heterocycles. The Morgan fingerprint density at radius 2 is 2.20 bits per heavy atom. The zero-order valence-corrected chi connectivity index (χ0v) is 11.7. The highest BCUT2D eigenvalue weighted by Crippen LogP contribution is 2.28. The Kier molecular flexibility index (Phi) is 4.04. The van der Waals surface area contributed by atoms with Crippen LogP contribution in [0.1, 0.15) is 31.2 Å². The molecule has 2 rings (SSSR count). The van der Waals surface area contributed by atoms with E-state index in [1.807, 2.05) is 17.6 Å². The summed E-state index contributed by atoms with van der Waals surface area (Å²) in [6.07, 6.45) is 2.09. The van der Waals surface area contributed by atoms with E-state index < -0.39 is 5.82 Å². The number of nitriles is 1. The number of benzene rings is 1. The highest BCUT2D eigenvalue weighted by molar-refractivity contribution is 5.72. The Bertz CT molecular complexity index is 667. The number of rotatable bonds is 4. The van der Waals surface area contributed by atoms with Crippen LogP contribution in [0.3, 0.4) is 0 Å². The van der Waals surface area contributed by atoms with Gasteiger partial charge in [-0.3, -0.25) is 0 Å². The largest absolute Gasteiger partial charge is 0.383 e. The number of unbranched alkanes of at least 4 members (excludes halogenated alkanes) is 1. The van der Waals surface area contributed by atoms with Crippen molar-refractivity contribution in [1.82, 2.24) is 9.55 Å². The van der Waals surface area contributed by atoms with Gasteiger partial charge in [-0.1, -0.05) is 13.3 Å². The molecule has 0 atom stereocenters. The van der Waals surface area contributed by atoms with Gasteiger partial charge < -0.3 is 10.3 Å². The zero-order chi connectivity index (χ0) is 14.7. The first-order chi connectivity index (χ1) is 9.58. The van der Waals surface area contributed by atoms with Gasteiger partial charge in [0.05, 0.1) is 5.56 Å². The van der Waals surface area contributed by atoms with Crippen LogP contribution in [-0.4, -0.2) is 9.55 Å². The summed E-state index contributed by atoms with van der Waals surface area (Å²) >= 11 is 0. The monoisotopic (exact) mass is 272 g/mol. The number of nitrogens with zero attached hydrogens (tertiary/aromatic N) is 3. The first-order valence-electron chi connectivity index (χ1n) is 6.61. The second-order valence-corrected chi connectivity index (χ2v) is 4.70. The van der Waals surface area contributed by atoms with Crippen LogP contribution in [0, 0.1) is 24.1 Å². The van der Waals surface area contributed by atoms with E-state index in [-0.39, 0.29) is 5.56 Å². The number of aryl methyl sites for hydroxylation is 1. The molecule has 0 saturated carbocycles. The lowest BCUT2D eigenvalue weighted by Crippen LogP contribution is -2.05. The van der Waals surface area contributed by atoms with Gasteiger partial charge in [0, 0.05) is 12.1 Å². The maximum absolute atomic E-state index is 13.4. The molecule has 104 valence electrons. The van der Waals surface area contributed by atoms with Gasteiger partial charge in [-0.05, 0) is 31.5 Å². The predicted molar refractivity (Wildman–Crippen MR) is 76.4 cm³/mol. The molecule has 0 fully saturated rings. The summed E-state index contributed by atoms with van der Waals surface area (Å²) in [6.45, 7) is 4.82. The number of hydrogen-bond acceptors (Lipinski definition) is 3. The van der Waals surface area contributed by atoms with Crippen LogP contribution in [-0.2, 0) is 6.54 Å². The Labute approximate surface area is 117 Å². The molecule has 0 aliphatic heterocycles. The van der Waals surface area contributed by atoms with Crippen LogP contribution >= 0.6 is 0 Å². The fraction of sp³-hybridized carbons (Fsp3) is 0.333. The summed E-state index contributed by atoms with van der Waals surface area (Å²) in [4.78, 5) is 4.44. The third-order valence-electron chi connectivity index (χ3n) is 3.29. The van der Waals surface area contributed by atoms with Gasteiger partial charge in [0.15, 0.2) is 0 Å². The quantitative estimate of drug-likeness (QED) is 0.928. The molecule has 0 unspecified atom stereocenters. The number of anilines is 1. The van der Waals surface area contributed by atoms with Crippen LogP contribution in [0.4, 0.5) is 10.2 Å². The van der Waals surface area contributed by atoms with Crippen LogP contribution in [0.15, 0.2) is 18.2 Å². The van der Waals surface area contributed by atoms with E-state index in [0.29, 0.717) is 17.1 Å². The molecule has 1 aromatic carbocycles. The Balaban J connectivity index is 2.46. The van der Waals surface area contributed by atoms with Crippen molar-refractivity contribution in [3.63, 3.8) is 0 Å². The van der Waals surface area contributed by atoms with Gasteiger partial charge >= 0.3 is 0 Å². The molecule has 2 N–H and O–H groups in total. The van der Waals surface area contributed by atoms with Crippen molar-refractivity contribution in [3.8, 4) is 17.3 Å². The van der Waals surface area contributed by atoms with E-state index in [1.54, 1.807) is 6.07 Å². The summed E-state index contributed by atoms with van der Waals surface area (Å²) < 4.78 is 15.3. The third kappa shape index (κ3) is 2.50. The molecule has 20 heavy (non-hydrogen) atoms. The number of halogens is 1.